The average Bonchev–Trinajstić information content (AvgIpc) is 2.10. The van der Waals surface area contributed by atoms with Gasteiger partial charge >= 0.3 is 0 Å². The maximum Gasteiger partial charge on any atom is 0.186 e. The minimum atomic E-state index is -0.605. The van der Waals surface area contributed by atoms with E-state index in [1.54, 1.807) is 22.6 Å². The van der Waals surface area contributed by atoms with Gasteiger partial charge in [-0.25, -0.2) is 13.8 Å². The molecule has 1 rings (SSSR count). The maximum atomic E-state index is 13.0. The summed E-state index contributed by atoms with van der Waals surface area (Å²) in [6.07, 6.45) is 0. The van der Waals surface area contributed by atoms with E-state index >= 15 is 0 Å². The number of aliphatic imine (C=N–C) groups is 1. The Morgan fingerprint density at radius 2 is 1.79 bits per heavy atom. The monoisotopic (exact) mass is 307 g/mol. The van der Waals surface area contributed by atoms with Gasteiger partial charge in [-0.1, -0.05) is 0 Å². The fraction of sp³-hybridized carbons (Fsp3) is 0.125. The smallest absolute Gasteiger partial charge is 0.186 e. The standard InChI is InChI=1S/C8H8F2IN3/c9-5-1-4(3-14-8(12)13)2-6(10)7(5)11/h1-2H,3H2,(H4,12,13,14)/i11-4. The molecule has 14 heavy (non-hydrogen) atoms. The Labute approximate surface area is 93.3 Å². The predicted octanol–water partition coefficient (Wildman–Crippen LogP) is 1.34. The molecule has 0 unspecified atom stereocenters. The largest absolute Gasteiger partial charge is 0.370 e. The quantitative estimate of drug-likeness (QED) is 0.375. The van der Waals surface area contributed by atoms with Crippen LogP contribution in [0, 0.1) is 15.2 Å². The number of hydrogen-bond donors (Lipinski definition) is 2. The van der Waals surface area contributed by atoms with Gasteiger partial charge in [0.1, 0.15) is 11.6 Å². The maximum absolute atomic E-state index is 13.0. The topological polar surface area (TPSA) is 64.4 Å². The van der Waals surface area contributed by atoms with Crippen molar-refractivity contribution in [3.63, 3.8) is 0 Å². The third kappa shape index (κ3) is 2.79. The molecule has 0 atom stereocenters. The number of nitrogens with two attached hydrogens (primary N) is 2. The lowest BCUT2D eigenvalue weighted by atomic mass is 10.2. The highest BCUT2D eigenvalue weighted by Gasteiger charge is 2.07. The fourth-order valence-electron chi connectivity index (χ4n) is 0.882. The van der Waals surface area contributed by atoms with Gasteiger partial charge in [-0.15, -0.1) is 0 Å². The molecule has 76 valence electrons. The molecule has 0 spiro atoms. The number of halogens is 3. The van der Waals surface area contributed by atoms with Crippen LogP contribution in [0.25, 0.3) is 0 Å². The first-order valence-corrected chi connectivity index (χ1v) is 4.77. The molecule has 4 N–H and O–H groups in total. The first-order chi connectivity index (χ1) is 6.50. The second-order valence-corrected chi connectivity index (χ2v) is 3.69. The number of nitrogens with zero attached hydrogens (tertiary/aromatic N) is 1. The van der Waals surface area contributed by atoms with Crippen LogP contribution in [0.5, 0.6) is 0 Å². The van der Waals surface area contributed by atoms with Crippen molar-refractivity contribution in [1.29, 1.82) is 0 Å². The molecule has 0 aliphatic heterocycles. The lowest BCUT2D eigenvalue weighted by molar-refractivity contribution is 0.567. The van der Waals surface area contributed by atoms with Gasteiger partial charge in [0.15, 0.2) is 5.96 Å². The van der Waals surface area contributed by atoms with Crippen LogP contribution < -0.4 is 11.5 Å². The van der Waals surface area contributed by atoms with E-state index in [4.69, 9.17) is 11.5 Å². The van der Waals surface area contributed by atoms with E-state index in [0.717, 1.165) is 0 Å². The third-order valence-electron chi connectivity index (χ3n) is 1.49. The number of hydrogen-bond acceptors (Lipinski definition) is 1. The molecular weight excluding hydrogens is 299 g/mol. The van der Waals surface area contributed by atoms with Gasteiger partial charge in [0.05, 0.1) is 10.1 Å². The molecule has 0 heterocycles. The van der Waals surface area contributed by atoms with Crippen molar-refractivity contribution >= 4 is 28.6 Å². The van der Waals surface area contributed by atoms with Crippen LogP contribution in [-0.2, 0) is 6.54 Å². The fourth-order valence-corrected chi connectivity index (χ4v) is 1.19. The molecule has 0 fully saturated rings. The molecule has 1 aromatic carbocycles. The van der Waals surface area contributed by atoms with Crippen molar-refractivity contribution < 1.29 is 8.78 Å². The number of benzene rings is 1. The Kier molecular flexibility index (Phi) is 3.62. The molecule has 0 saturated carbocycles. The molecule has 3 nitrogen and oxygen atoms in total. The van der Waals surface area contributed by atoms with Gasteiger partial charge in [-0.2, -0.15) is 0 Å². The van der Waals surface area contributed by atoms with Crippen molar-refractivity contribution in [3.8, 4) is 0 Å². The summed E-state index contributed by atoms with van der Waals surface area (Å²) in [4.78, 5) is 3.64. The molecule has 0 aromatic heterocycles. The summed E-state index contributed by atoms with van der Waals surface area (Å²) < 4.78 is 26.0. The molecule has 0 saturated heterocycles. The lowest BCUT2D eigenvalue weighted by Crippen LogP contribution is -2.22. The lowest BCUT2D eigenvalue weighted by Gasteiger charge is -2.01. The summed E-state index contributed by atoms with van der Waals surface area (Å²) in [5.41, 5.74) is 10.6. The molecule has 0 aliphatic rings. The Morgan fingerprint density at radius 1 is 1.29 bits per heavy atom. The molecule has 6 heteroatoms. The van der Waals surface area contributed by atoms with Gasteiger partial charge in [0.25, 0.3) is 0 Å². The van der Waals surface area contributed by atoms with Gasteiger partial charge in [-0.3, -0.25) is 0 Å². The number of guanidine groups is 1. The zero-order valence-corrected chi connectivity index (χ0v) is 9.26. The van der Waals surface area contributed by atoms with E-state index < -0.39 is 11.6 Å². The van der Waals surface area contributed by atoms with E-state index in [0.29, 0.717) is 5.56 Å². The van der Waals surface area contributed by atoms with E-state index in [1.807, 2.05) is 0 Å². The molecule has 1 aromatic rings. The summed E-state index contributed by atoms with van der Waals surface area (Å²) >= 11 is 1.59. The van der Waals surface area contributed by atoms with E-state index in [1.165, 1.54) is 12.1 Å². The van der Waals surface area contributed by atoms with Crippen LogP contribution in [0.15, 0.2) is 17.1 Å². The SMILES string of the molecule is NC(N)=NCc1cc(F)c([123I])c(F)c1. The van der Waals surface area contributed by atoms with Crippen LogP contribution in [0.3, 0.4) is 0 Å². The second kappa shape index (κ2) is 4.54. The van der Waals surface area contributed by atoms with E-state index in [-0.39, 0.29) is 16.1 Å². The number of rotatable bonds is 2. The molecular formula is C8H8F2IN3. The van der Waals surface area contributed by atoms with Crippen LogP contribution in [0.2, 0.25) is 0 Å². The van der Waals surface area contributed by atoms with Gasteiger partial charge in [-0.05, 0) is 40.3 Å². The van der Waals surface area contributed by atoms with Crippen molar-refractivity contribution in [2.24, 2.45) is 16.5 Å². The Morgan fingerprint density at radius 3 is 2.21 bits per heavy atom. The second-order valence-electron chi connectivity index (χ2n) is 2.61. The molecule has 0 bridgehead atoms. The molecule has 0 amide bonds. The predicted molar refractivity (Wildman–Crippen MR) is 58.6 cm³/mol. The highest BCUT2D eigenvalue weighted by molar-refractivity contribution is 14.1. The zero-order chi connectivity index (χ0) is 10.7. The third-order valence-corrected chi connectivity index (χ3v) is 2.52. The molecule has 0 radical (unpaired) electrons. The van der Waals surface area contributed by atoms with Crippen LogP contribution in [0.1, 0.15) is 5.56 Å². The molecule has 0 aliphatic carbocycles. The summed E-state index contributed by atoms with van der Waals surface area (Å²) in [6, 6.07) is 2.41. The van der Waals surface area contributed by atoms with Crippen molar-refractivity contribution in [2.75, 3.05) is 0 Å². The van der Waals surface area contributed by atoms with Crippen LogP contribution in [0.4, 0.5) is 8.78 Å². The average molecular weight is 307 g/mol. The van der Waals surface area contributed by atoms with E-state index in [9.17, 15) is 8.78 Å². The van der Waals surface area contributed by atoms with Gasteiger partial charge < -0.3 is 11.5 Å². The first-order valence-electron chi connectivity index (χ1n) is 3.69. The Balaban J connectivity index is 2.95. The van der Waals surface area contributed by atoms with Gasteiger partial charge in [0, 0.05) is 0 Å². The van der Waals surface area contributed by atoms with Crippen LogP contribution in [-0.4, -0.2) is 5.96 Å². The normalized spacial score (nSPS) is 9.93. The minimum Gasteiger partial charge on any atom is -0.370 e. The summed E-state index contributed by atoms with van der Waals surface area (Å²) in [5.74, 6) is -1.32. The van der Waals surface area contributed by atoms with Crippen molar-refractivity contribution in [2.45, 2.75) is 6.54 Å². The summed E-state index contributed by atoms with van der Waals surface area (Å²) in [6.45, 7) is 0.0765. The summed E-state index contributed by atoms with van der Waals surface area (Å²) in [7, 11) is 0. The highest BCUT2D eigenvalue weighted by Crippen LogP contribution is 2.17. The van der Waals surface area contributed by atoms with Gasteiger partial charge in [0.2, 0.25) is 0 Å². The Hall–Kier alpha value is -0.920. The van der Waals surface area contributed by atoms with Crippen LogP contribution >= 0.6 is 22.6 Å². The van der Waals surface area contributed by atoms with Crippen molar-refractivity contribution in [1.82, 2.24) is 0 Å². The zero-order valence-electron chi connectivity index (χ0n) is 7.10. The van der Waals surface area contributed by atoms with E-state index in [2.05, 4.69) is 4.99 Å². The van der Waals surface area contributed by atoms with Crippen molar-refractivity contribution in [3.05, 3.63) is 32.9 Å². The first kappa shape index (κ1) is 11.2. The highest BCUT2D eigenvalue weighted by atomic mass is 123. The summed E-state index contributed by atoms with van der Waals surface area (Å²) in [5, 5.41) is 0. The minimum absolute atomic E-state index is 0.0314. The Bertz CT molecular complexity index is 352.